The molecule has 0 atom stereocenters. The maximum absolute atomic E-state index is 12.3. The van der Waals surface area contributed by atoms with Crippen LogP contribution in [0.15, 0.2) is 72.9 Å². The van der Waals surface area contributed by atoms with Crippen LogP contribution in [0.4, 0.5) is 0 Å². The molecule has 29 heavy (non-hydrogen) atoms. The Morgan fingerprint density at radius 2 is 1.52 bits per heavy atom. The Bertz CT molecular complexity index is 1160. The van der Waals surface area contributed by atoms with Crippen molar-refractivity contribution < 1.29 is 9.59 Å². The molecule has 0 fully saturated rings. The Morgan fingerprint density at radius 3 is 2.41 bits per heavy atom. The maximum Gasteiger partial charge on any atom is 0.239 e. The van der Waals surface area contributed by atoms with Gasteiger partial charge in [-0.3, -0.25) is 9.59 Å². The summed E-state index contributed by atoms with van der Waals surface area (Å²) in [5.74, 6) is -0.343. The van der Waals surface area contributed by atoms with Gasteiger partial charge in [0.05, 0.1) is 13.0 Å². The van der Waals surface area contributed by atoms with Crippen molar-refractivity contribution in [2.45, 2.75) is 12.8 Å². The van der Waals surface area contributed by atoms with E-state index in [9.17, 15) is 9.59 Å². The molecule has 3 N–H and O–H groups in total. The average Bonchev–Trinajstić information content (AvgIpc) is 3.16. The summed E-state index contributed by atoms with van der Waals surface area (Å²) in [5, 5.41) is 8.92. The highest BCUT2D eigenvalue weighted by Crippen LogP contribution is 2.19. The third kappa shape index (κ3) is 4.46. The van der Waals surface area contributed by atoms with Gasteiger partial charge in [-0.25, -0.2) is 0 Å². The number of para-hydroxylation sites is 1. The van der Waals surface area contributed by atoms with Crippen LogP contribution >= 0.6 is 0 Å². The highest BCUT2D eigenvalue weighted by atomic mass is 16.2. The molecule has 5 nitrogen and oxygen atoms in total. The van der Waals surface area contributed by atoms with E-state index in [1.165, 1.54) is 10.9 Å². The molecule has 4 aromatic rings. The number of rotatable bonds is 7. The van der Waals surface area contributed by atoms with Crippen molar-refractivity contribution in [2.24, 2.45) is 0 Å². The SMILES string of the molecule is O=C(CNC(=O)Cc1cccc2ccccc12)NCCc1c[nH]c2ccccc12. The molecule has 4 rings (SSSR count). The molecule has 0 saturated heterocycles. The largest absolute Gasteiger partial charge is 0.361 e. The van der Waals surface area contributed by atoms with Crippen molar-refractivity contribution in [2.75, 3.05) is 13.1 Å². The Kier molecular flexibility index (Phi) is 5.56. The van der Waals surface area contributed by atoms with Crippen LogP contribution in [0.3, 0.4) is 0 Å². The van der Waals surface area contributed by atoms with Gasteiger partial charge >= 0.3 is 0 Å². The second-order valence-electron chi connectivity index (χ2n) is 7.05. The summed E-state index contributed by atoms with van der Waals surface area (Å²) in [7, 11) is 0. The molecule has 0 aliphatic rings. The van der Waals surface area contributed by atoms with Crippen LogP contribution in [0, 0.1) is 0 Å². The second kappa shape index (κ2) is 8.61. The van der Waals surface area contributed by atoms with E-state index in [0.29, 0.717) is 6.54 Å². The lowest BCUT2D eigenvalue weighted by Crippen LogP contribution is -2.38. The number of amides is 2. The molecule has 2 amide bonds. The minimum Gasteiger partial charge on any atom is -0.361 e. The standard InChI is InChI=1S/C24H23N3O2/c28-23(14-18-8-5-7-17-6-1-2-9-20(17)18)27-16-24(29)25-13-12-19-15-26-22-11-4-3-10-21(19)22/h1-11,15,26H,12-14,16H2,(H,25,29)(H,27,28). The number of fused-ring (bicyclic) bond motifs is 2. The van der Waals surface area contributed by atoms with Gasteiger partial charge in [0, 0.05) is 23.6 Å². The Balaban J connectivity index is 1.24. The first-order valence-electron chi connectivity index (χ1n) is 9.76. The van der Waals surface area contributed by atoms with Crippen molar-refractivity contribution in [1.29, 1.82) is 0 Å². The fourth-order valence-corrected chi connectivity index (χ4v) is 3.60. The van der Waals surface area contributed by atoms with Crippen molar-refractivity contribution in [1.82, 2.24) is 15.6 Å². The summed E-state index contributed by atoms with van der Waals surface area (Å²) in [6.45, 7) is 0.511. The van der Waals surface area contributed by atoms with Gasteiger partial charge < -0.3 is 15.6 Å². The van der Waals surface area contributed by atoms with Gasteiger partial charge in [0.1, 0.15) is 0 Å². The van der Waals surface area contributed by atoms with Gasteiger partial charge in [-0.2, -0.15) is 0 Å². The van der Waals surface area contributed by atoms with E-state index in [4.69, 9.17) is 0 Å². The van der Waals surface area contributed by atoms with Crippen LogP contribution < -0.4 is 10.6 Å². The number of hydrogen-bond acceptors (Lipinski definition) is 2. The molecule has 146 valence electrons. The lowest BCUT2D eigenvalue weighted by atomic mass is 10.0. The minimum absolute atomic E-state index is 0.0164. The van der Waals surface area contributed by atoms with Gasteiger partial charge in [0.25, 0.3) is 0 Å². The summed E-state index contributed by atoms with van der Waals surface area (Å²) in [6.07, 6.45) is 2.96. The third-order valence-electron chi connectivity index (χ3n) is 5.07. The predicted molar refractivity (Wildman–Crippen MR) is 116 cm³/mol. The molecule has 1 aromatic heterocycles. The first-order valence-corrected chi connectivity index (χ1v) is 9.76. The summed E-state index contributed by atoms with van der Waals surface area (Å²) < 4.78 is 0. The number of aromatic amines is 1. The summed E-state index contributed by atoms with van der Waals surface area (Å²) >= 11 is 0. The zero-order valence-corrected chi connectivity index (χ0v) is 16.1. The molecule has 0 spiro atoms. The summed E-state index contributed by atoms with van der Waals surface area (Å²) in [5.41, 5.74) is 3.22. The maximum atomic E-state index is 12.3. The topological polar surface area (TPSA) is 74.0 Å². The van der Waals surface area contributed by atoms with E-state index in [1.807, 2.05) is 66.9 Å². The molecule has 0 radical (unpaired) electrons. The van der Waals surface area contributed by atoms with Crippen molar-refractivity contribution in [3.8, 4) is 0 Å². The van der Waals surface area contributed by atoms with Gasteiger partial charge in [0.2, 0.25) is 11.8 Å². The monoisotopic (exact) mass is 385 g/mol. The molecular formula is C24H23N3O2. The van der Waals surface area contributed by atoms with E-state index in [-0.39, 0.29) is 24.8 Å². The van der Waals surface area contributed by atoms with E-state index in [0.717, 1.165) is 28.3 Å². The number of nitrogens with one attached hydrogen (secondary N) is 3. The zero-order chi connectivity index (χ0) is 20.1. The molecule has 0 saturated carbocycles. The molecule has 0 unspecified atom stereocenters. The molecule has 1 heterocycles. The van der Waals surface area contributed by atoms with Crippen LogP contribution in [0.2, 0.25) is 0 Å². The zero-order valence-electron chi connectivity index (χ0n) is 16.1. The normalized spacial score (nSPS) is 10.9. The fourth-order valence-electron chi connectivity index (χ4n) is 3.60. The minimum atomic E-state index is -0.184. The van der Waals surface area contributed by atoms with Crippen LogP contribution in [0.25, 0.3) is 21.7 Å². The number of benzene rings is 3. The van der Waals surface area contributed by atoms with Crippen LogP contribution in [-0.4, -0.2) is 29.9 Å². The molecule has 0 aliphatic carbocycles. The smallest absolute Gasteiger partial charge is 0.239 e. The quantitative estimate of drug-likeness (QED) is 0.456. The number of carbonyl (C=O) groups excluding carboxylic acids is 2. The lowest BCUT2D eigenvalue weighted by molar-refractivity contribution is -0.125. The first kappa shape index (κ1) is 18.7. The number of H-pyrrole nitrogens is 1. The first-order chi connectivity index (χ1) is 14.2. The molecule has 0 aliphatic heterocycles. The molecule has 0 bridgehead atoms. The van der Waals surface area contributed by atoms with Crippen molar-refractivity contribution >= 4 is 33.5 Å². The Morgan fingerprint density at radius 1 is 0.759 bits per heavy atom. The highest BCUT2D eigenvalue weighted by molar-refractivity contribution is 5.91. The third-order valence-corrected chi connectivity index (χ3v) is 5.07. The lowest BCUT2D eigenvalue weighted by Gasteiger charge is -2.09. The number of aromatic nitrogens is 1. The van der Waals surface area contributed by atoms with Crippen molar-refractivity contribution in [3.05, 3.63) is 84.1 Å². The molecule has 3 aromatic carbocycles. The Labute approximate surface area is 169 Å². The highest BCUT2D eigenvalue weighted by Gasteiger charge is 2.09. The number of carbonyl (C=O) groups is 2. The van der Waals surface area contributed by atoms with Crippen LogP contribution in [0.1, 0.15) is 11.1 Å². The number of hydrogen-bond donors (Lipinski definition) is 3. The predicted octanol–water partition coefficient (Wildman–Crippen LogP) is 3.34. The van der Waals surface area contributed by atoms with E-state index < -0.39 is 0 Å². The average molecular weight is 385 g/mol. The molecule has 5 heteroatoms. The van der Waals surface area contributed by atoms with Gasteiger partial charge in [0.15, 0.2) is 0 Å². The van der Waals surface area contributed by atoms with Gasteiger partial charge in [-0.15, -0.1) is 0 Å². The summed E-state index contributed by atoms with van der Waals surface area (Å²) in [6, 6.07) is 22.0. The van der Waals surface area contributed by atoms with Crippen LogP contribution in [-0.2, 0) is 22.4 Å². The second-order valence-corrected chi connectivity index (χ2v) is 7.05. The molecular weight excluding hydrogens is 362 g/mol. The van der Waals surface area contributed by atoms with Gasteiger partial charge in [-0.1, -0.05) is 60.7 Å². The van der Waals surface area contributed by atoms with Crippen LogP contribution in [0.5, 0.6) is 0 Å². The van der Waals surface area contributed by atoms with E-state index >= 15 is 0 Å². The van der Waals surface area contributed by atoms with Gasteiger partial charge in [-0.05, 0) is 34.4 Å². The Hall–Kier alpha value is -3.60. The summed E-state index contributed by atoms with van der Waals surface area (Å²) in [4.78, 5) is 27.6. The fraction of sp³-hybridized carbons (Fsp3) is 0.167. The van der Waals surface area contributed by atoms with Crippen molar-refractivity contribution in [3.63, 3.8) is 0 Å². The van der Waals surface area contributed by atoms with E-state index in [1.54, 1.807) is 0 Å². The van der Waals surface area contributed by atoms with E-state index in [2.05, 4.69) is 21.7 Å².